The van der Waals surface area contributed by atoms with E-state index in [9.17, 15) is 43.2 Å². The van der Waals surface area contributed by atoms with Crippen molar-refractivity contribution < 1.29 is 80.2 Å². The fourth-order valence-corrected chi connectivity index (χ4v) is 11.9. The van der Waals surface area contributed by atoms with Gasteiger partial charge in [-0.25, -0.2) is 9.13 Å². The number of phosphoric acid groups is 2. The second-order valence-corrected chi connectivity index (χ2v) is 30.2. The molecule has 0 fully saturated rings. The summed E-state index contributed by atoms with van der Waals surface area (Å²) in [6.45, 7) is 4.38. The third kappa shape index (κ3) is 81.6. The lowest BCUT2D eigenvalue weighted by atomic mass is 10.1. The zero-order valence-electron chi connectivity index (χ0n) is 69.3. The second-order valence-electron chi connectivity index (χ2n) is 27.3. The van der Waals surface area contributed by atoms with Gasteiger partial charge in [0.2, 0.25) is 0 Å². The van der Waals surface area contributed by atoms with Gasteiger partial charge in [-0.1, -0.05) is 305 Å². The van der Waals surface area contributed by atoms with Crippen molar-refractivity contribution in [3.8, 4) is 0 Å². The van der Waals surface area contributed by atoms with E-state index < -0.39 is 97.5 Å². The Morgan fingerprint density at radius 3 is 0.786 bits per heavy atom. The number of carbonyl (C=O) groups is 4. The molecule has 112 heavy (non-hydrogen) atoms. The first kappa shape index (κ1) is 106. The van der Waals surface area contributed by atoms with Gasteiger partial charge in [0, 0.05) is 25.7 Å². The Bertz CT molecular complexity index is 2940. The van der Waals surface area contributed by atoms with Gasteiger partial charge in [-0.05, 0) is 173 Å². The highest BCUT2D eigenvalue weighted by atomic mass is 31.2. The van der Waals surface area contributed by atoms with Crippen LogP contribution in [-0.2, 0) is 65.4 Å². The molecule has 0 aliphatic heterocycles. The summed E-state index contributed by atoms with van der Waals surface area (Å²) in [6, 6.07) is 0. The minimum Gasteiger partial charge on any atom is -0.462 e. The summed E-state index contributed by atoms with van der Waals surface area (Å²) in [5.74, 6) is -2.43. The van der Waals surface area contributed by atoms with Crippen molar-refractivity contribution in [1.29, 1.82) is 0 Å². The van der Waals surface area contributed by atoms with E-state index in [2.05, 4.69) is 198 Å². The molecule has 0 radical (unpaired) electrons. The number of carbonyl (C=O) groups excluding carboxylic acids is 4. The van der Waals surface area contributed by atoms with Crippen LogP contribution in [0.2, 0.25) is 0 Å². The van der Waals surface area contributed by atoms with Crippen LogP contribution in [0.25, 0.3) is 0 Å². The molecule has 2 unspecified atom stereocenters. The number of unbranched alkanes of at least 4 members (excludes halogenated alkanes) is 17. The van der Waals surface area contributed by atoms with Gasteiger partial charge in [0.15, 0.2) is 12.2 Å². The van der Waals surface area contributed by atoms with Gasteiger partial charge >= 0.3 is 39.5 Å². The number of hydrogen-bond acceptors (Lipinski definition) is 15. The van der Waals surface area contributed by atoms with E-state index >= 15 is 0 Å². The largest absolute Gasteiger partial charge is 0.472 e. The summed E-state index contributed by atoms with van der Waals surface area (Å²) in [7, 11) is -10.0. The van der Waals surface area contributed by atoms with Crippen molar-refractivity contribution in [2.45, 2.75) is 316 Å². The minimum atomic E-state index is -5.02. The average molecular weight is 1600 g/mol. The molecule has 0 saturated carbocycles. The molecule has 0 aromatic rings. The lowest BCUT2D eigenvalue weighted by Crippen LogP contribution is -2.30. The van der Waals surface area contributed by atoms with Crippen LogP contribution in [0.15, 0.2) is 207 Å². The maximum atomic E-state index is 13.1. The lowest BCUT2D eigenvalue weighted by Gasteiger charge is -2.21. The SMILES string of the molecule is CC/C=C\C/C=C\C/C=C\C/C=C\C/C=C\C/C=C\CCC(=O)OC[C@H](COP(=O)(O)OC[C@@H](O)COP(=O)(O)OC[C@@H](COC(=O)CC/C=C\C/C=C\C/C=C\C/C=C\C/C=C\CCCCC)OC(=O)CCCCCCCCC/C=C\CCCCCC)OC(=O)CCCCC/C=C\C/C=C\C/C=C\C/C=C\C/C=C\CC. The molecule has 17 nitrogen and oxygen atoms in total. The van der Waals surface area contributed by atoms with Crippen LogP contribution < -0.4 is 0 Å². The first-order chi connectivity index (χ1) is 54.7. The third-order valence-corrected chi connectivity index (χ3v) is 18.6. The van der Waals surface area contributed by atoms with Crippen LogP contribution in [-0.4, -0.2) is 96.7 Å². The monoisotopic (exact) mass is 1600 g/mol. The molecule has 0 saturated heterocycles. The van der Waals surface area contributed by atoms with Gasteiger partial charge in [-0.15, -0.1) is 0 Å². The second kappa shape index (κ2) is 82.6. The van der Waals surface area contributed by atoms with Crippen molar-refractivity contribution in [2.75, 3.05) is 39.6 Å². The highest BCUT2D eigenvalue weighted by Gasteiger charge is 2.30. The third-order valence-electron chi connectivity index (χ3n) is 16.7. The van der Waals surface area contributed by atoms with Gasteiger partial charge in [-0.2, -0.15) is 0 Å². The molecule has 0 aliphatic carbocycles. The smallest absolute Gasteiger partial charge is 0.462 e. The maximum absolute atomic E-state index is 13.1. The molecule has 5 atom stereocenters. The molecular weight excluding hydrogens is 1450 g/mol. The Labute approximate surface area is 678 Å². The van der Waals surface area contributed by atoms with E-state index in [4.69, 9.17) is 37.0 Å². The summed E-state index contributed by atoms with van der Waals surface area (Å²) in [4.78, 5) is 73.2. The van der Waals surface area contributed by atoms with E-state index in [1.54, 1.807) is 0 Å². The number of esters is 4. The van der Waals surface area contributed by atoms with Gasteiger partial charge < -0.3 is 33.8 Å². The van der Waals surface area contributed by atoms with E-state index in [0.29, 0.717) is 38.5 Å². The molecule has 0 bridgehead atoms. The van der Waals surface area contributed by atoms with Crippen molar-refractivity contribution in [3.63, 3.8) is 0 Å². The normalized spacial score (nSPS) is 14.8. The molecule has 632 valence electrons. The summed E-state index contributed by atoms with van der Waals surface area (Å²) in [5, 5.41) is 10.7. The number of hydrogen-bond donors (Lipinski definition) is 3. The van der Waals surface area contributed by atoms with Gasteiger partial charge in [0.25, 0.3) is 0 Å². The molecule has 0 rings (SSSR count). The van der Waals surface area contributed by atoms with Crippen LogP contribution in [0.1, 0.15) is 297 Å². The average Bonchev–Trinajstić information content (AvgIpc) is 0.898. The Morgan fingerprint density at radius 2 is 0.482 bits per heavy atom. The number of aliphatic hydroxyl groups is 1. The van der Waals surface area contributed by atoms with Crippen LogP contribution in [0, 0.1) is 0 Å². The highest BCUT2D eigenvalue weighted by molar-refractivity contribution is 7.47. The summed E-state index contributed by atoms with van der Waals surface area (Å²) in [6.07, 6.45) is 104. The zero-order chi connectivity index (χ0) is 81.7. The summed E-state index contributed by atoms with van der Waals surface area (Å²) >= 11 is 0. The predicted octanol–water partition coefficient (Wildman–Crippen LogP) is 25.4. The fourth-order valence-electron chi connectivity index (χ4n) is 10.4. The molecule has 0 amide bonds. The molecule has 3 N–H and O–H groups in total. The molecular formula is C93H148O17P2. The van der Waals surface area contributed by atoms with Crippen LogP contribution in [0.3, 0.4) is 0 Å². The Balaban J connectivity index is 5.57. The zero-order valence-corrected chi connectivity index (χ0v) is 71.0. The topological polar surface area (TPSA) is 237 Å². The Morgan fingerprint density at radius 1 is 0.259 bits per heavy atom. The molecule has 0 aliphatic rings. The highest BCUT2D eigenvalue weighted by Crippen LogP contribution is 2.45. The Kier molecular flexibility index (Phi) is 77.9. The maximum Gasteiger partial charge on any atom is 0.472 e. The quantitative estimate of drug-likeness (QED) is 0.0169. The van der Waals surface area contributed by atoms with Crippen LogP contribution in [0.4, 0.5) is 0 Å². The molecule has 19 heteroatoms. The molecule has 0 aromatic heterocycles. The predicted molar refractivity (Wildman–Crippen MR) is 463 cm³/mol. The fraction of sp³-hybridized carbons (Fsp3) is 0.591. The Hall–Kier alpha value is -6.36. The number of allylic oxidation sites excluding steroid dienone is 34. The standard InChI is InChI=1S/C93H148O17P2/c1-5-9-13-17-21-25-29-33-37-40-43-46-50-53-57-61-65-69-73-77-90(95)103-83-88(109-92(97)79-75-71-67-63-59-55-49-36-32-28-24-20-16-12-8-4)85-107-111(99,100)105-81-87(94)82-106-112(101,102)108-86-89(110-93(98)80-76-72-68-64-60-56-52-48-45-42-39-35-31-27-23-19-15-11-7-3)84-104-91(96)78-74-70-66-62-58-54-51-47-44-41-38-34-30-26-22-18-14-10-6-2/h10-11,14-15,21-23,25-28,32-35,37-39,43-48,53-54,56-58,60,65-66,69-70,87-89,94H,5-9,12-13,16-20,24,29-31,36,40-42,49-52,55,59,61-64,67-68,71-86H2,1-4H3,(H,99,100)(H,101,102)/b14-10-,15-11-,25-21-,26-22-,27-23-,32-28-,37-33-,38-34-,39-35-,46-43-,47-44-,48-45-,57-53-,58-54-,60-56-,69-65-,70-66-/t87-,88+,89+/m0/s1. The van der Waals surface area contributed by atoms with E-state index in [-0.39, 0.29) is 25.7 Å². The summed E-state index contributed by atoms with van der Waals surface area (Å²) < 4.78 is 68.6. The van der Waals surface area contributed by atoms with E-state index in [1.807, 2.05) is 36.5 Å². The minimum absolute atomic E-state index is 0.0182. The van der Waals surface area contributed by atoms with Gasteiger partial charge in [0.05, 0.1) is 26.4 Å². The van der Waals surface area contributed by atoms with Crippen LogP contribution >= 0.6 is 15.6 Å². The summed E-state index contributed by atoms with van der Waals surface area (Å²) in [5.41, 5.74) is 0. The van der Waals surface area contributed by atoms with E-state index in [1.165, 1.54) is 44.9 Å². The number of rotatable bonds is 77. The van der Waals surface area contributed by atoms with Gasteiger partial charge in [0.1, 0.15) is 19.3 Å². The van der Waals surface area contributed by atoms with Crippen molar-refractivity contribution in [2.24, 2.45) is 0 Å². The lowest BCUT2D eigenvalue weighted by molar-refractivity contribution is -0.161. The number of phosphoric ester groups is 2. The molecule has 0 aromatic carbocycles. The number of ether oxygens (including phenoxy) is 4. The van der Waals surface area contributed by atoms with Crippen molar-refractivity contribution in [3.05, 3.63) is 207 Å². The first-order valence-corrected chi connectivity index (χ1v) is 45.3. The van der Waals surface area contributed by atoms with E-state index in [0.717, 1.165) is 161 Å². The first-order valence-electron chi connectivity index (χ1n) is 42.3. The van der Waals surface area contributed by atoms with Crippen LogP contribution in [0.5, 0.6) is 0 Å². The van der Waals surface area contributed by atoms with Gasteiger partial charge in [-0.3, -0.25) is 37.3 Å². The molecule has 0 heterocycles. The molecule has 0 spiro atoms. The van der Waals surface area contributed by atoms with Crippen molar-refractivity contribution >= 4 is 39.5 Å². The number of aliphatic hydroxyl groups excluding tert-OH is 1. The van der Waals surface area contributed by atoms with Crippen molar-refractivity contribution in [1.82, 2.24) is 0 Å².